The SMILES string of the molecule is Cl.N[C@H]1CCC(F)(F)C[C@H]1C(=O)O. The fraction of sp³-hybridized carbons (Fsp3) is 0.857. The summed E-state index contributed by atoms with van der Waals surface area (Å²) in [5.74, 6) is -5.16. The van der Waals surface area contributed by atoms with Crippen molar-refractivity contribution in [3.63, 3.8) is 0 Å². The van der Waals surface area contributed by atoms with E-state index in [1.165, 1.54) is 0 Å². The Balaban J connectivity index is 0.00000144. The molecule has 0 aromatic carbocycles. The maximum Gasteiger partial charge on any atom is 0.308 e. The van der Waals surface area contributed by atoms with Crippen LogP contribution in [-0.4, -0.2) is 23.0 Å². The largest absolute Gasteiger partial charge is 0.481 e. The van der Waals surface area contributed by atoms with Crippen molar-refractivity contribution in [1.82, 2.24) is 0 Å². The minimum absolute atomic E-state index is 0. The molecule has 2 atom stereocenters. The van der Waals surface area contributed by atoms with Gasteiger partial charge >= 0.3 is 5.97 Å². The van der Waals surface area contributed by atoms with Crippen molar-refractivity contribution in [3.8, 4) is 0 Å². The Bertz CT molecular complexity index is 201. The third kappa shape index (κ3) is 3.08. The molecule has 0 bridgehead atoms. The monoisotopic (exact) mass is 215 g/mol. The summed E-state index contributed by atoms with van der Waals surface area (Å²) in [5, 5.41) is 8.53. The van der Waals surface area contributed by atoms with Gasteiger partial charge in [-0.2, -0.15) is 0 Å². The second-order valence-corrected chi connectivity index (χ2v) is 3.21. The van der Waals surface area contributed by atoms with E-state index >= 15 is 0 Å². The number of carboxylic acids is 1. The molecule has 0 unspecified atom stereocenters. The lowest BCUT2D eigenvalue weighted by Gasteiger charge is -2.31. The molecule has 0 aromatic rings. The van der Waals surface area contributed by atoms with Crippen LogP contribution in [0.1, 0.15) is 19.3 Å². The van der Waals surface area contributed by atoms with Gasteiger partial charge in [-0.1, -0.05) is 0 Å². The molecule has 1 saturated carbocycles. The average molecular weight is 216 g/mol. The first kappa shape index (κ1) is 12.6. The van der Waals surface area contributed by atoms with Crippen LogP contribution in [0.5, 0.6) is 0 Å². The number of hydrogen-bond donors (Lipinski definition) is 2. The Kier molecular flexibility index (Phi) is 4.06. The van der Waals surface area contributed by atoms with Crippen LogP contribution in [0.25, 0.3) is 0 Å². The van der Waals surface area contributed by atoms with Gasteiger partial charge < -0.3 is 10.8 Å². The molecule has 1 rings (SSSR count). The molecule has 3 N–H and O–H groups in total. The maximum atomic E-state index is 12.7. The van der Waals surface area contributed by atoms with Crippen LogP contribution in [0, 0.1) is 5.92 Å². The normalized spacial score (nSPS) is 31.9. The first-order valence-electron chi connectivity index (χ1n) is 3.78. The summed E-state index contributed by atoms with van der Waals surface area (Å²) in [7, 11) is 0. The smallest absolute Gasteiger partial charge is 0.308 e. The Morgan fingerprint density at radius 1 is 1.54 bits per heavy atom. The molecule has 6 heteroatoms. The molecule has 13 heavy (non-hydrogen) atoms. The number of nitrogens with two attached hydrogens (primary N) is 1. The second-order valence-electron chi connectivity index (χ2n) is 3.21. The van der Waals surface area contributed by atoms with Gasteiger partial charge in [0.2, 0.25) is 5.92 Å². The van der Waals surface area contributed by atoms with Crippen LogP contribution < -0.4 is 5.73 Å². The zero-order valence-electron chi connectivity index (χ0n) is 6.87. The first-order valence-corrected chi connectivity index (χ1v) is 3.78. The highest BCUT2D eigenvalue weighted by Gasteiger charge is 2.43. The number of aliphatic carboxylic acids is 1. The summed E-state index contributed by atoms with van der Waals surface area (Å²) in [6, 6.07) is -0.623. The van der Waals surface area contributed by atoms with E-state index in [1.807, 2.05) is 0 Å². The quantitative estimate of drug-likeness (QED) is 0.692. The molecule has 0 aromatic heterocycles. The van der Waals surface area contributed by atoms with Crippen LogP contribution >= 0.6 is 12.4 Å². The lowest BCUT2D eigenvalue weighted by atomic mass is 9.83. The van der Waals surface area contributed by atoms with Gasteiger partial charge in [0.25, 0.3) is 0 Å². The molecule has 0 aliphatic heterocycles. The minimum Gasteiger partial charge on any atom is -0.481 e. The molecule has 1 fully saturated rings. The lowest BCUT2D eigenvalue weighted by molar-refractivity contribution is -0.150. The topological polar surface area (TPSA) is 63.3 Å². The summed E-state index contributed by atoms with van der Waals surface area (Å²) in [6.07, 6.45) is -0.828. The number of halogens is 3. The summed E-state index contributed by atoms with van der Waals surface area (Å²) in [5.41, 5.74) is 5.39. The van der Waals surface area contributed by atoms with Crippen LogP contribution in [0.4, 0.5) is 8.78 Å². The van der Waals surface area contributed by atoms with Gasteiger partial charge in [0.15, 0.2) is 0 Å². The average Bonchev–Trinajstić information content (AvgIpc) is 1.94. The van der Waals surface area contributed by atoms with Crippen molar-refractivity contribution in [3.05, 3.63) is 0 Å². The van der Waals surface area contributed by atoms with Gasteiger partial charge in [-0.05, 0) is 6.42 Å². The van der Waals surface area contributed by atoms with E-state index in [0.29, 0.717) is 0 Å². The molecule has 0 saturated heterocycles. The van der Waals surface area contributed by atoms with Gasteiger partial charge in [-0.3, -0.25) is 4.79 Å². The van der Waals surface area contributed by atoms with Gasteiger partial charge in [0, 0.05) is 18.9 Å². The first-order chi connectivity index (χ1) is 5.42. The second kappa shape index (κ2) is 4.19. The molecular weight excluding hydrogens is 204 g/mol. The summed E-state index contributed by atoms with van der Waals surface area (Å²) in [6.45, 7) is 0. The standard InChI is InChI=1S/C7H11F2NO2.ClH/c8-7(9)2-1-5(10)4(3-7)6(11)12;/h4-5H,1-3,10H2,(H,11,12);1H/t4-,5+;/m1./s1. The van der Waals surface area contributed by atoms with E-state index < -0.39 is 30.3 Å². The highest BCUT2D eigenvalue weighted by atomic mass is 35.5. The number of alkyl halides is 2. The van der Waals surface area contributed by atoms with E-state index in [2.05, 4.69) is 0 Å². The van der Waals surface area contributed by atoms with Crippen LogP contribution in [0.3, 0.4) is 0 Å². The Hall–Kier alpha value is -0.420. The van der Waals surface area contributed by atoms with Crippen molar-refractivity contribution < 1.29 is 18.7 Å². The fourth-order valence-corrected chi connectivity index (χ4v) is 1.42. The van der Waals surface area contributed by atoms with Gasteiger partial charge in [-0.25, -0.2) is 8.78 Å². The van der Waals surface area contributed by atoms with Crippen molar-refractivity contribution in [1.29, 1.82) is 0 Å². The van der Waals surface area contributed by atoms with E-state index in [9.17, 15) is 13.6 Å². The zero-order chi connectivity index (χ0) is 9.35. The highest BCUT2D eigenvalue weighted by Crippen LogP contribution is 2.36. The Morgan fingerprint density at radius 3 is 2.46 bits per heavy atom. The molecule has 0 amide bonds. The van der Waals surface area contributed by atoms with Gasteiger partial charge in [0.05, 0.1) is 5.92 Å². The van der Waals surface area contributed by atoms with Gasteiger partial charge in [0.1, 0.15) is 0 Å². The van der Waals surface area contributed by atoms with E-state index in [-0.39, 0.29) is 25.2 Å². The summed E-state index contributed by atoms with van der Waals surface area (Å²) >= 11 is 0. The Morgan fingerprint density at radius 2 is 2.08 bits per heavy atom. The number of hydrogen-bond acceptors (Lipinski definition) is 2. The number of carboxylic acid groups (broad SMARTS) is 1. The predicted octanol–water partition coefficient (Wildman–Crippen LogP) is 1.26. The van der Waals surface area contributed by atoms with Crippen LogP contribution in [-0.2, 0) is 4.79 Å². The van der Waals surface area contributed by atoms with Crippen molar-refractivity contribution in [2.45, 2.75) is 31.2 Å². The molecule has 1 aliphatic carbocycles. The van der Waals surface area contributed by atoms with Gasteiger partial charge in [-0.15, -0.1) is 12.4 Å². The molecular formula is C7H12ClF2NO2. The third-order valence-electron chi connectivity index (χ3n) is 2.20. The van der Waals surface area contributed by atoms with E-state index in [4.69, 9.17) is 10.8 Å². The van der Waals surface area contributed by atoms with Crippen molar-refractivity contribution in [2.75, 3.05) is 0 Å². The summed E-state index contributed by atoms with van der Waals surface area (Å²) in [4.78, 5) is 10.4. The minimum atomic E-state index is -2.85. The van der Waals surface area contributed by atoms with E-state index in [1.54, 1.807) is 0 Å². The zero-order valence-corrected chi connectivity index (χ0v) is 7.69. The lowest BCUT2D eigenvalue weighted by Crippen LogP contribution is -2.44. The maximum absolute atomic E-state index is 12.7. The number of carbonyl (C=O) groups is 1. The van der Waals surface area contributed by atoms with E-state index in [0.717, 1.165) is 0 Å². The third-order valence-corrected chi connectivity index (χ3v) is 2.20. The Labute approximate surface area is 80.7 Å². The molecule has 0 spiro atoms. The van der Waals surface area contributed by atoms with Crippen LogP contribution in [0.15, 0.2) is 0 Å². The molecule has 3 nitrogen and oxygen atoms in total. The molecule has 0 heterocycles. The van der Waals surface area contributed by atoms with Crippen molar-refractivity contribution >= 4 is 18.4 Å². The molecule has 1 aliphatic rings. The fourth-order valence-electron chi connectivity index (χ4n) is 1.42. The van der Waals surface area contributed by atoms with Crippen molar-refractivity contribution in [2.24, 2.45) is 11.7 Å². The van der Waals surface area contributed by atoms with Crippen LogP contribution in [0.2, 0.25) is 0 Å². The predicted molar refractivity (Wildman–Crippen MR) is 45.1 cm³/mol. The molecule has 0 radical (unpaired) electrons. The number of rotatable bonds is 1. The highest BCUT2D eigenvalue weighted by molar-refractivity contribution is 5.85. The summed E-state index contributed by atoms with van der Waals surface area (Å²) < 4.78 is 25.3. The molecule has 78 valence electrons.